The van der Waals surface area contributed by atoms with Crippen LogP contribution in [0.15, 0.2) is 48.7 Å². The molecule has 35 heavy (non-hydrogen) atoms. The van der Waals surface area contributed by atoms with Crippen LogP contribution in [0.2, 0.25) is 0 Å². The number of rotatable bonds is 11. The molecule has 1 N–H and O–H groups in total. The van der Waals surface area contributed by atoms with Crippen LogP contribution in [0, 0.1) is 5.92 Å². The summed E-state index contributed by atoms with van der Waals surface area (Å²) in [7, 11) is 3.21. The second kappa shape index (κ2) is 10.8. The van der Waals surface area contributed by atoms with E-state index in [-0.39, 0.29) is 30.3 Å². The first-order valence-corrected chi connectivity index (χ1v) is 12.3. The van der Waals surface area contributed by atoms with Crippen LogP contribution in [-0.4, -0.2) is 59.9 Å². The Bertz CT molecular complexity index is 1180. The number of H-pyrrole nitrogens is 1. The van der Waals surface area contributed by atoms with Gasteiger partial charge in [0.2, 0.25) is 11.8 Å². The van der Waals surface area contributed by atoms with Crippen molar-refractivity contribution in [2.45, 2.75) is 45.7 Å². The number of methoxy groups -OCH3 is 2. The van der Waals surface area contributed by atoms with Crippen LogP contribution < -0.4 is 9.47 Å². The number of amides is 2. The van der Waals surface area contributed by atoms with Crippen molar-refractivity contribution in [3.05, 3.63) is 59.8 Å². The Balaban J connectivity index is 1.55. The quantitative estimate of drug-likeness (QED) is 0.444. The number of carbonyl (C=O) groups excluding carboxylic acids is 2. The van der Waals surface area contributed by atoms with Crippen LogP contribution in [-0.2, 0) is 22.6 Å². The number of aromatic amines is 1. The minimum atomic E-state index is -0.131. The molecular formula is C28H35N3O4. The molecule has 0 spiro atoms. The first kappa shape index (κ1) is 24.6. The molecule has 0 atom stereocenters. The SMILES string of the molecule is COc1ccc(CN(CCc2c[nH]c3ccccc23)C(=O)CN(C(=O)C(C)C)C2CC2)cc1OC. The maximum absolute atomic E-state index is 13.6. The van der Waals surface area contributed by atoms with Crippen molar-refractivity contribution < 1.29 is 19.1 Å². The lowest BCUT2D eigenvalue weighted by atomic mass is 10.1. The van der Waals surface area contributed by atoms with E-state index in [4.69, 9.17) is 9.47 Å². The van der Waals surface area contributed by atoms with Crippen molar-refractivity contribution in [3.8, 4) is 11.5 Å². The zero-order valence-electron chi connectivity index (χ0n) is 21.0. The lowest BCUT2D eigenvalue weighted by Crippen LogP contribution is -2.45. The number of nitrogens with zero attached hydrogens (tertiary/aromatic N) is 2. The number of aromatic nitrogens is 1. The highest BCUT2D eigenvalue weighted by Gasteiger charge is 2.35. The lowest BCUT2D eigenvalue weighted by molar-refractivity contribution is -0.143. The first-order chi connectivity index (χ1) is 16.9. The minimum absolute atomic E-state index is 0.0412. The summed E-state index contributed by atoms with van der Waals surface area (Å²) in [6.45, 7) is 4.86. The van der Waals surface area contributed by atoms with Crippen LogP contribution in [0.1, 0.15) is 37.8 Å². The van der Waals surface area contributed by atoms with E-state index in [0.29, 0.717) is 31.0 Å². The maximum Gasteiger partial charge on any atom is 0.242 e. The average Bonchev–Trinajstić information content (AvgIpc) is 3.63. The third-order valence-corrected chi connectivity index (χ3v) is 6.57. The van der Waals surface area contributed by atoms with Gasteiger partial charge in [-0.25, -0.2) is 0 Å². The molecule has 0 aliphatic heterocycles. The average molecular weight is 478 g/mol. The number of ether oxygens (including phenoxy) is 2. The van der Waals surface area contributed by atoms with Crippen LogP contribution in [0.4, 0.5) is 0 Å². The van der Waals surface area contributed by atoms with Gasteiger partial charge in [-0.2, -0.15) is 0 Å². The molecule has 0 saturated heterocycles. The fourth-order valence-electron chi connectivity index (χ4n) is 4.44. The van der Waals surface area contributed by atoms with E-state index in [0.717, 1.165) is 23.9 Å². The summed E-state index contributed by atoms with van der Waals surface area (Å²) < 4.78 is 10.8. The number of carbonyl (C=O) groups is 2. The largest absolute Gasteiger partial charge is 0.493 e. The van der Waals surface area contributed by atoms with Crippen molar-refractivity contribution in [3.63, 3.8) is 0 Å². The van der Waals surface area contributed by atoms with Crippen molar-refractivity contribution in [2.75, 3.05) is 27.3 Å². The molecule has 0 bridgehead atoms. The molecule has 1 fully saturated rings. The van der Waals surface area contributed by atoms with Crippen molar-refractivity contribution in [2.24, 2.45) is 5.92 Å². The molecule has 1 aliphatic rings. The summed E-state index contributed by atoms with van der Waals surface area (Å²) in [5, 5.41) is 1.17. The lowest BCUT2D eigenvalue weighted by Gasteiger charge is -2.29. The number of nitrogens with one attached hydrogen (secondary N) is 1. The van der Waals surface area contributed by atoms with Gasteiger partial charge in [0.05, 0.1) is 14.2 Å². The predicted molar refractivity (Wildman–Crippen MR) is 137 cm³/mol. The van der Waals surface area contributed by atoms with Gasteiger partial charge >= 0.3 is 0 Å². The monoisotopic (exact) mass is 477 g/mol. The van der Waals surface area contributed by atoms with Gasteiger partial charge in [-0.3, -0.25) is 9.59 Å². The molecule has 2 amide bonds. The summed E-state index contributed by atoms with van der Waals surface area (Å²) in [5.74, 6) is 1.15. The smallest absolute Gasteiger partial charge is 0.242 e. The van der Waals surface area contributed by atoms with Crippen LogP contribution >= 0.6 is 0 Å². The van der Waals surface area contributed by atoms with E-state index in [9.17, 15) is 9.59 Å². The third kappa shape index (κ3) is 5.78. The van der Waals surface area contributed by atoms with E-state index < -0.39 is 0 Å². The second-order valence-corrected chi connectivity index (χ2v) is 9.47. The summed E-state index contributed by atoms with van der Waals surface area (Å²) in [6, 6.07) is 14.1. The number of hydrogen-bond acceptors (Lipinski definition) is 4. The Morgan fingerprint density at radius 3 is 2.49 bits per heavy atom. The second-order valence-electron chi connectivity index (χ2n) is 9.47. The van der Waals surface area contributed by atoms with E-state index >= 15 is 0 Å². The number of fused-ring (bicyclic) bond motifs is 1. The molecule has 186 valence electrons. The van der Waals surface area contributed by atoms with Crippen molar-refractivity contribution in [1.29, 1.82) is 0 Å². The van der Waals surface area contributed by atoms with Crippen molar-refractivity contribution in [1.82, 2.24) is 14.8 Å². The summed E-state index contributed by atoms with van der Waals surface area (Å²) in [5.41, 5.74) is 3.20. The maximum atomic E-state index is 13.6. The topological polar surface area (TPSA) is 74.9 Å². The molecule has 1 aromatic heterocycles. The van der Waals surface area contributed by atoms with E-state index in [1.165, 1.54) is 10.9 Å². The zero-order valence-corrected chi connectivity index (χ0v) is 21.0. The predicted octanol–water partition coefficient (Wildman–Crippen LogP) is 4.40. The number of hydrogen-bond donors (Lipinski definition) is 1. The molecule has 4 rings (SSSR count). The van der Waals surface area contributed by atoms with Crippen LogP contribution in [0.3, 0.4) is 0 Å². The van der Waals surface area contributed by atoms with Gasteiger partial charge in [-0.1, -0.05) is 38.1 Å². The fraction of sp³-hybridized carbons (Fsp3) is 0.429. The molecule has 7 heteroatoms. The zero-order chi connectivity index (χ0) is 24.9. The molecule has 0 radical (unpaired) electrons. The highest BCUT2D eigenvalue weighted by molar-refractivity contribution is 5.86. The molecule has 0 unspecified atom stereocenters. The Kier molecular flexibility index (Phi) is 7.63. The Morgan fingerprint density at radius 1 is 1.06 bits per heavy atom. The van der Waals surface area contributed by atoms with E-state index in [1.807, 2.05) is 55.3 Å². The van der Waals surface area contributed by atoms with E-state index in [1.54, 1.807) is 19.1 Å². The molecule has 3 aromatic rings. The fourth-order valence-corrected chi connectivity index (χ4v) is 4.44. The number of benzene rings is 2. The normalized spacial score (nSPS) is 13.2. The highest BCUT2D eigenvalue weighted by atomic mass is 16.5. The highest BCUT2D eigenvalue weighted by Crippen LogP contribution is 2.30. The summed E-state index contributed by atoms with van der Waals surface area (Å²) in [6.07, 6.45) is 4.67. The minimum Gasteiger partial charge on any atom is -0.493 e. The number of para-hydroxylation sites is 1. The molecule has 1 saturated carbocycles. The summed E-state index contributed by atoms with van der Waals surface area (Å²) in [4.78, 5) is 33.3. The van der Waals surface area contributed by atoms with Crippen LogP contribution in [0.25, 0.3) is 10.9 Å². The van der Waals surface area contributed by atoms with E-state index in [2.05, 4.69) is 17.1 Å². The Morgan fingerprint density at radius 2 is 1.80 bits per heavy atom. The molecule has 1 heterocycles. The van der Waals surface area contributed by atoms with Gasteiger partial charge in [-0.15, -0.1) is 0 Å². The third-order valence-electron chi connectivity index (χ3n) is 6.57. The van der Waals surface area contributed by atoms with Crippen molar-refractivity contribution >= 4 is 22.7 Å². The molecule has 7 nitrogen and oxygen atoms in total. The van der Waals surface area contributed by atoms with Gasteiger partial charge in [0.1, 0.15) is 6.54 Å². The van der Waals surface area contributed by atoms with Gasteiger partial charge < -0.3 is 24.3 Å². The van der Waals surface area contributed by atoms with Gasteiger partial charge in [0.15, 0.2) is 11.5 Å². The Labute approximate surface area is 207 Å². The molecule has 2 aromatic carbocycles. The van der Waals surface area contributed by atoms with Gasteiger partial charge in [-0.05, 0) is 48.6 Å². The molecular weight excluding hydrogens is 442 g/mol. The Hall–Kier alpha value is -3.48. The van der Waals surface area contributed by atoms with Gasteiger partial charge in [0.25, 0.3) is 0 Å². The standard InChI is InChI=1S/C28H35N3O4/c1-19(2)28(33)31(22-10-11-22)18-27(32)30(17-20-9-12-25(34-3)26(15-20)35-4)14-13-21-16-29-24-8-6-5-7-23(21)24/h5-9,12,15-16,19,22,29H,10-11,13-14,17-18H2,1-4H3. The van der Waals surface area contributed by atoms with Crippen LogP contribution in [0.5, 0.6) is 11.5 Å². The first-order valence-electron chi connectivity index (χ1n) is 12.3. The molecule has 1 aliphatic carbocycles. The summed E-state index contributed by atoms with van der Waals surface area (Å²) >= 11 is 0. The van der Waals surface area contributed by atoms with Gasteiger partial charge in [0, 0.05) is 42.1 Å².